The fraction of sp³-hybridized carbons (Fsp3) is 0.167. The van der Waals surface area contributed by atoms with E-state index in [2.05, 4.69) is 15.9 Å². The summed E-state index contributed by atoms with van der Waals surface area (Å²) in [4.78, 5) is 0. The number of hydrogen-bond donors (Lipinski definition) is 1. The molecule has 1 heterocycles. The van der Waals surface area contributed by atoms with Gasteiger partial charge in [0.2, 0.25) is 0 Å². The third-order valence-corrected chi connectivity index (χ3v) is 3.56. The molecule has 0 aliphatic rings. The summed E-state index contributed by atoms with van der Waals surface area (Å²) >= 11 is 15.0. The molecule has 90 valence electrons. The van der Waals surface area contributed by atoms with Crippen molar-refractivity contribution >= 4 is 39.1 Å². The standard InChI is InChI=1S/C12H10BrCl2NO/c13-12-4-3-11(17-12)10(16)6-7-1-2-8(14)9(15)5-7/h1-5,10H,6,16H2. The summed E-state index contributed by atoms with van der Waals surface area (Å²) in [5.41, 5.74) is 7.07. The van der Waals surface area contributed by atoms with Gasteiger partial charge in [0.1, 0.15) is 5.76 Å². The van der Waals surface area contributed by atoms with Crippen molar-refractivity contribution in [2.24, 2.45) is 5.73 Å². The average Bonchev–Trinajstić information content (AvgIpc) is 2.70. The monoisotopic (exact) mass is 333 g/mol. The Kier molecular flexibility index (Phi) is 4.15. The first-order valence-electron chi connectivity index (χ1n) is 5.01. The van der Waals surface area contributed by atoms with Crippen LogP contribution in [0.5, 0.6) is 0 Å². The fourth-order valence-electron chi connectivity index (χ4n) is 1.55. The van der Waals surface area contributed by atoms with Gasteiger partial charge in [0, 0.05) is 0 Å². The molecule has 5 heteroatoms. The molecule has 1 unspecified atom stereocenters. The van der Waals surface area contributed by atoms with E-state index in [0.717, 1.165) is 11.3 Å². The van der Waals surface area contributed by atoms with Crippen LogP contribution in [0.4, 0.5) is 0 Å². The Bertz CT molecular complexity index is 527. The van der Waals surface area contributed by atoms with E-state index >= 15 is 0 Å². The number of hydrogen-bond acceptors (Lipinski definition) is 2. The minimum absolute atomic E-state index is 0.196. The molecule has 2 aromatic rings. The van der Waals surface area contributed by atoms with Gasteiger partial charge in [0.05, 0.1) is 16.1 Å². The Morgan fingerprint density at radius 1 is 1.18 bits per heavy atom. The molecule has 17 heavy (non-hydrogen) atoms. The molecule has 0 saturated carbocycles. The molecule has 0 aliphatic heterocycles. The van der Waals surface area contributed by atoms with E-state index in [0.29, 0.717) is 21.1 Å². The van der Waals surface area contributed by atoms with Crippen LogP contribution in [-0.4, -0.2) is 0 Å². The van der Waals surface area contributed by atoms with Gasteiger partial charge in [-0.3, -0.25) is 0 Å². The van der Waals surface area contributed by atoms with Crippen molar-refractivity contribution in [3.8, 4) is 0 Å². The largest absolute Gasteiger partial charge is 0.453 e. The van der Waals surface area contributed by atoms with Gasteiger partial charge in [-0.05, 0) is 52.2 Å². The van der Waals surface area contributed by atoms with Gasteiger partial charge in [-0.25, -0.2) is 0 Å². The zero-order valence-corrected chi connectivity index (χ0v) is 11.9. The maximum atomic E-state index is 6.04. The number of benzene rings is 1. The Labute approximate surface area is 118 Å². The van der Waals surface area contributed by atoms with Crippen LogP contribution < -0.4 is 5.73 Å². The Hall–Kier alpha value is -0.480. The molecule has 0 spiro atoms. The van der Waals surface area contributed by atoms with E-state index < -0.39 is 0 Å². The Morgan fingerprint density at radius 2 is 1.94 bits per heavy atom. The van der Waals surface area contributed by atoms with E-state index in [1.54, 1.807) is 6.07 Å². The second kappa shape index (κ2) is 5.44. The SMILES string of the molecule is NC(Cc1ccc(Cl)c(Cl)c1)c1ccc(Br)o1. The van der Waals surface area contributed by atoms with Crippen molar-refractivity contribution in [1.82, 2.24) is 0 Å². The Morgan fingerprint density at radius 3 is 2.53 bits per heavy atom. The topological polar surface area (TPSA) is 39.2 Å². The van der Waals surface area contributed by atoms with Crippen LogP contribution in [0.15, 0.2) is 39.4 Å². The normalized spacial score (nSPS) is 12.7. The molecule has 0 aliphatic carbocycles. The van der Waals surface area contributed by atoms with Crippen LogP contribution in [0.1, 0.15) is 17.4 Å². The van der Waals surface area contributed by atoms with Gasteiger partial charge in [-0.1, -0.05) is 29.3 Å². The van der Waals surface area contributed by atoms with E-state index in [1.807, 2.05) is 24.3 Å². The summed E-state index contributed by atoms with van der Waals surface area (Å²) in [7, 11) is 0. The molecule has 1 aromatic heterocycles. The van der Waals surface area contributed by atoms with Crippen molar-refractivity contribution in [3.05, 3.63) is 56.4 Å². The van der Waals surface area contributed by atoms with E-state index in [-0.39, 0.29) is 6.04 Å². The lowest BCUT2D eigenvalue weighted by Crippen LogP contribution is -2.12. The van der Waals surface area contributed by atoms with Gasteiger partial charge < -0.3 is 10.2 Å². The summed E-state index contributed by atoms with van der Waals surface area (Å²) in [6.45, 7) is 0. The zero-order valence-electron chi connectivity index (χ0n) is 8.79. The molecule has 0 saturated heterocycles. The first-order chi connectivity index (χ1) is 8.06. The summed E-state index contributed by atoms with van der Waals surface area (Å²) in [6, 6.07) is 8.98. The molecule has 0 bridgehead atoms. The highest BCUT2D eigenvalue weighted by Crippen LogP contribution is 2.26. The smallest absolute Gasteiger partial charge is 0.169 e. The van der Waals surface area contributed by atoms with E-state index in [4.69, 9.17) is 33.4 Å². The molecule has 2 N–H and O–H groups in total. The predicted molar refractivity (Wildman–Crippen MR) is 73.5 cm³/mol. The minimum Gasteiger partial charge on any atom is -0.453 e. The average molecular weight is 335 g/mol. The van der Waals surface area contributed by atoms with Crippen LogP contribution in [0, 0.1) is 0 Å². The van der Waals surface area contributed by atoms with Gasteiger partial charge in [0.25, 0.3) is 0 Å². The number of rotatable bonds is 3. The lowest BCUT2D eigenvalue weighted by Gasteiger charge is -2.09. The lowest BCUT2D eigenvalue weighted by atomic mass is 10.1. The minimum atomic E-state index is -0.196. The second-order valence-corrected chi connectivity index (χ2v) is 5.30. The first kappa shape index (κ1) is 13.0. The molecular formula is C12H10BrCl2NO. The van der Waals surface area contributed by atoms with Gasteiger partial charge in [-0.2, -0.15) is 0 Å². The maximum Gasteiger partial charge on any atom is 0.169 e. The van der Waals surface area contributed by atoms with Crippen LogP contribution in [0.3, 0.4) is 0 Å². The number of nitrogens with two attached hydrogens (primary N) is 1. The number of furan rings is 1. The zero-order chi connectivity index (χ0) is 12.4. The van der Waals surface area contributed by atoms with Crippen molar-refractivity contribution in [2.45, 2.75) is 12.5 Å². The first-order valence-corrected chi connectivity index (χ1v) is 6.56. The fourth-order valence-corrected chi connectivity index (χ4v) is 2.19. The van der Waals surface area contributed by atoms with Crippen LogP contribution in [0.2, 0.25) is 10.0 Å². The third kappa shape index (κ3) is 3.26. The van der Waals surface area contributed by atoms with Gasteiger partial charge in [-0.15, -0.1) is 0 Å². The molecule has 0 radical (unpaired) electrons. The highest BCUT2D eigenvalue weighted by Gasteiger charge is 2.12. The highest BCUT2D eigenvalue weighted by atomic mass is 79.9. The van der Waals surface area contributed by atoms with E-state index in [1.165, 1.54) is 0 Å². The summed E-state index contributed by atoms with van der Waals surface area (Å²) < 4.78 is 6.08. The number of halogens is 3. The quantitative estimate of drug-likeness (QED) is 0.891. The predicted octanol–water partition coefficient (Wildman–Crippen LogP) is 4.59. The summed E-state index contributed by atoms with van der Waals surface area (Å²) in [6.07, 6.45) is 0.650. The summed E-state index contributed by atoms with van der Waals surface area (Å²) in [5, 5.41) is 1.08. The molecule has 0 fully saturated rings. The summed E-state index contributed by atoms with van der Waals surface area (Å²) in [5.74, 6) is 0.739. The van der Waals surface area contributed by atoms with Crippen molar-refractivity contribution in [2.75, 3.05) is 0 Å². The van der Waals surface area contributed by atoms with Crippen molar-refractivity contribution < 1.29 is 4.42 Å². The van der Waals surface area contributed by atoms with Gasteiger partial charge in [0.15, 0.2) is 4.67 Å². The molecule has 1 aromatic carbocycles. The third-order valence-electron chi connectivity index (χ3n) is 2.40. The molecule has 2 rings (SSSR count). The van der Waals surface area contributed by atoms with Crippen molar-refractivity contribution in [3.63, 3.8) is 0 Å². The van der Waals surface area contributed by atoms with Crippen LogP contribution >= 0.6 is 39.1 Å². The molecule has 2 nitrogen and oxygen atoms in total. The van der Waals surface area contributed by atoms with Crippen molar-refractivity contribution in [1.29, 1.82) is 0 Å². The van der Waals surface area contributed by atoms with Crippen LogP contribution in [0.25, 0.3) is 0 Å². The molecular weight excluding hydrogens is 325 g/mol. The van der Waals surface area contributed by atoms with E-state index in [9.17, 15) is 0 Å². The molecule has 0 amide bonds. The van der Waals surface area contributed by atoms with Crippen LogP contribution in [-0.2, 0) is 6.42 Å². The highest BCUT2D eigenvalue weighted by molar-refractivity contribution is 9.10. The van der Waals surface area contributed by atoms with Gasteiger partial charge >= 0.3 is 0 Å². The Balaban J connectivity index is 2.12. The lowest BCUT2D eigenvalue weighted by molar-refractivity contribution is 0.448. The molecule has 1 atom stereocenters. The maximum absolute atomic E-state index is 6.04. The second-order valence-electron chi connectivity index (χ2n) is 3.70.